The van der Waals surface area contributed by atoms with Crippen molar-refractivity contribution >= 4 is 34.7 Å². The number of amides is 1. The molecule has 7 heteroatoms. The molecule has 1 saturated heterocycles. The standard InChI is InChI=1S/C26H22ClNO5/c1-14-4-10-20(15(2)12-14)28-23(16-5-8-18(29)9-6-16)22(25(31)26(28)32)24(30)19-13-17(27)7-11-21(19)33-3/h4-13,23,29-30H,1-3H3/b24-22+. The fourth-order valence-electron chi connectivity index (χ4n) is 4.14. The number of hydrogen-bond acceptors (Lipinski definition) is 5. The number of rotatable bonds is 4. The summed E-state index contributed by atoms with van der Waals surface area (Å²) in [4.78, 5) is 28.0. The highest BCUT2D eigenvalue weighted by Gasteiger charge is 2.47. The maximum atomic E-state index is 13.3. The minimum Gasteiger partial charge on any atom is -0.508 e. The highest BCUT2D eigenvalue weighted by atomic mass is 35.5. The van der Waals surface area contributed by atoms with Crippen LogP contribution in [0.25, 0.3) is 5.76 Å². The number of benzene rings is 3. The predicted octanol–water partition coefficient (Wildman–Crippen LogP) is 5.30. The second-order valence-electron chi connectivity index (χ2n) is 7.90. The fourth-order valence-corrected chi connectivity index (χ4v) is 4.31. The van der Waals surface area contributed by atoms with Gasteiger partial charge in [-0.05, 0) is 61.4 Å². The lowest BCUT2D eigenvalue weighted by atomic mass is 9.94. The number of phenolic OH excluding ortho intramolecular Hbond substituents is 1. The minimum absolute atomic E-state index is 0.0405. The van der Waals surface area contributed by atoms with Crippen LogP contribution in [0.1, 0.15) is 28.3 Å². The van der Waals surface area contributed by atoms with Crippen LogP contribution in [0.3, 0.4) is 0 Å². The Bertz CT molecular complexity index is 1300. The number of nitrogens with zero attached hydrogens (tertiary/aromatic N) is 1. The van der Waals surface area contributed by atoms with Crippen molar-refractivity contribution in [3.8, 4) is 11.5 Å². The van der Waals surface area contributed by atoms with Crippen LogP contribution in [0.2, 0.25) is 5.02 Å². The summed E-state index contributed by atoms with van der Waals surface area (Å²) in [5.41, 5.74) is 3.03. The van der Waals surface area contributed by atoms with Gasteiger partial charge in [-0.3, -0.25) is 14.5 Å². The second kappa shape index (κ2) is 8.64. The summed E-state index contributed by atoms with van der Waals surface area (Å²) >= 11 is 6.14. The molecular weight excluding hydrogens is 442 g/mol. The number of ether oxygens (including phenoxy) is 1. The number of methoxy groups -OCH3 is 1. The Labute approximate surface area is 196 Å². The van der Waals surface area contributed by atoms with Gasteiger partial charge in [0.2, 0.25) is 0 Å². The number of hydrogen-bond donors (Lipinski definition) is 2. The minimum atomic E-state index is -0.921. The lowest BCUT2D eigenvalue weighted by molar-refractivity contribution is -0.132. The van der Waals surface area contributed by atoms with Gasteiger partial charge in [-0.1, -0.05) is 41.4 Å². The van der Waals surface area contributed by atoms with Gasteiger partial charge in [0.05, 0.1) is 24.3 Å². The van der Waals surface area contributed by atoms with E-state index in [0.29, 0.717) is 22.0 Å². The number of anilines is 1. The van der Waals surface area contributed by atoms with E-state index in [1.165, 1.54) is 30.2 Å². The number of aliphatic hydroxyl groups is 1. The molecule has 0 saturated carbocycles. The molecule has 3 aromatic rings. The third-order valence-corrected chi connectivity index (χ3v) is 5.92. The van der Waals surface area contributed by atoms with E-state index >= 15 is 0 Å². The van der Waals surface area contributed by atoms with E-state index in [4.69, 9.17) is 16.3 Å². The van der Waals surface area contributed by atoms with E-state index in [9.17, 15) is 19.8 Å². The molecule has 1 fully saturated rings. The topological polar surface area (TPSA) is 87.1 Å². The molecule has 0 spiro atoms. The van der Waals surface area contributed by atoms with Crippen LogP contribution in [-0.4, -0.2) is 29.0 Å². The van der Waals surface area contributed by atoms with Gasteiger partial charge in [-0.25, -0.2) is 0 Å². The van der Waals surface area contributed by atoms with Gasteiger partial charge in [0.25, 0.3) is 11.7 Å². The molecule has 1 atom stereocenters. The molecule has 1 aliphatic rings. The number of phenols is 1. The van der Waals surface area contributed by atoms with E-state index in [1.807, 2.05) is 26.0 Å². The predicted molar refractivity (Wildman–Crippen MR) is 127 cm³/mol. The first-order valence-corrected chi connectivity index (χ1v) is 10.6. The Morgan fingerprint density at radius 2 is 1.70 bits per heavy atom. The Morgan fingerprint density at radius 1 is 1.00 bits per heavy atom. The Hall–Kier alpha value is -3.77. The van der Waals surface area contributed by atoms with Crippen LogP contribution in [0, 0.1) is 13.8 Å². The maximum absolute atomic E-state index is 13.3. The Morgan fingerprint density at radius 3 is 2.33 bits per heavy atom. The first-order chi connectivity index (χ1) is 15.7. The number of carbonyl (C=O) groups is 2. The van der Waals surface area contributed by atoms with Gasteiger partial charge in [0.15, 0.2) is 0 Å². The highest BCUT2D eigenvalue weighted by molar-refractivity contribution is 6.51. The summed E-state index contributed by atoms with van der Waals surface area (Å²) < 4.78 is 5.35. The van der Waals surface area contributed by atoms with E-state index in [2.05, 4.69) is 0 Å². The molecule has 0 aromatic heterocycles. The van der Waals surface area contributed by atoms with Crippen molar-refractivity contribution in [3.63, 3.8) is 0 Å². The lowest BCUT2D eigenvalue weighted by Crippen LogP contribution is -2.30. The largest absolute Gasteiger partial charge is 0.508 e. The van der Waals surface area contributed by atoms with Gasteiger partial charge in [0, 0.05) is 10.7 Å². The van der Waals surface area contributed by atoms with Crippen molar-refractivity contribution in [1.29, 1.82) is 0 Å². The number of carbonyl (C=O) groups excluding carboxylic acids is 2. The van der Waals surface area contributed by atoms with Crippen LogP contribution < -0.4 is 9.64 Å². The van der Waals surface area contributed by atoms with Gasteiger partial charge in [-0.2, -0.15) is 0 Å². The summed E-state index contributed by atoms with van der Waals surface area (Å²) in [6, 6.07) is 15.5. The van der Waals surface area contributed by atoms with Crippen molar-refractivity contribution in [2.24, 2.45) is 0 Å². The number of aromatic hydroxyl groups is 1. The maximum Gasteiger partial charge on any atom is 0.300 e. The van der Waals surface area contributed by atoms with E-state index in [1.54, 1.807) is 30.3 Å². The molecule has 1 unspecified atom stereocenters. The zero-order valence-corrected chi connectivity index (χ0v) is 19.1. The number of halogens is 1. The SMILES string of the molecule is COc1ccc(Cl)cc1/C(O)=C1\C(=O)C(=O)N(c2ccc(C)cc2C)C1c1ccc(O)cc1. The molecule has 1 aliphatic heterocycles. The zero-order chi connectivity index (χ0) is 23.9. The monoisotopic (exact) mass is 463 g/mol. The van der Waals surface area contributed by atoms with Gasteiger partial charge >= 0.3 is 0 Å². The average molecular weight is 464 g/mol. The first-order valence-electron chi connectivity index (χ1n) is 10.2. The number of ketones is 1. The van der Waals surface area contributed by atoms with Gasteiger partial charge < -0.3 is 14.9 Å². The highest BCUT2D eigenvalue weighted by Crippen LogP contribution is 2.44. The Kier molecular flexibility index (Phi) is 5.87. The molecular formula is C26H22ClNO5. The third kappa shape index (κ3) is 3.94. The quantitative estimate of drug-likeness (QED) is 0.311. The molecule has 2 N–H and O–H groups in total. The van der Waals surface area contributed by atoms with Crippen molar-refractivity contribution in [2.75, 3.05) is 12.0 Å². The summed E-state index contributed by atoms with van der Waals surface area (Å²) in [5.74, 6) is -1.63. The van der Waals surface area contributed by atoms with Crippen LogP contribution in [0.15, 0.2) is 66.2 Å². The second-order valence-corrected chi connectivity index (χ2v) is 8.33. The van der Waals surface area contributed by atoms with Crippen molar-refractivity contribution < 1.29 is 24.5 Å². The fraction of sp³-hybridized carbons (Fsp3) is 0.154. The number of aliphatic hydroxyl groups excluding tert-OH is 1. The number of aryl methyl sites for hydroxylation is 2. The average Bonchev–Trinajstić information content (AvgIpc) is 3.04. The van der Waals surface area contributed by atoms with Crippen LogP contribution in [0.4, 0.5) is 5.69 Å². The third-order valence-electron chi connectivity index (χ3n) is 5.68. The van der Waals surface area contributed by atoms with Gasteiger partial charge in [-0.15, -0.1) is 0 Å². The summed E-state index contributed by atoms with van der Waals surface area (Å²) in [6.45, 7) is 3.79. The van der Waals surface area contributed by atoms with E-state index < -0.39 is 23.5 Å². The molecule has 1 amide bonds. The lowest BCUT2D eigenvalue weighted by Gasteiger charge is -2.27. The van der Waals surface area contributed by atoms with Crippen LogP contribution >= 0.6 is 11.6 Å². The smallest absolute Gasteiger partial charge is 0.300 e. The molecule has 1 heterocycles. The molecule has 0 bridgehead atoms. The number of Topliss-reactive ketones (excluding diaryl/α,β-unsaturated/α-hetero) is 1. The van der Waals surface area contributed by atoms with E-state index in [-0.39, 0.29) is 16.9 Å². The van der Waals surface area contributed by atoms with Crippen molar-refractivity contribution in [2.45, 2.75) is 19.9 Å². The molecule has 33 heavy (non-hydrogen) atoms. The molecule has 3 aromatic carbocycles. The molecule has 0 radical (unpaired) electrons. The zero-order valence-electron chi connectivity index (χ0n) is 18.3. The summed E-state index contributed by atoms with van der Waals surface area (Å²) in [6.07, 6.45) is 0. The molecule has 4 rings (SSSR count). The molecule has 0 aliphatic carbocycles. The van der Waals surface area contributed by atoms with Crippen LogP contribution in [-0.2, 0) is 9.59 Å². The summed E-state index contributed by atoms with van der Waals surface area (Å²) in [5, 5.41) is 21.4. The van der Waals surface area contributed by atoms with Crippen molar-refractivity contribution in [3.05, 3.63) is 93.5 Å². The summed E-state index contributed by atoms with van der Waals surface area (Å²) in [7, 11) is 1.44. The molecule has 168 valence electrons. The van der Waals surface area contributed by atoms with Crippen molar-refractivity contribution in [1.82, 2.24) is 0 Å². The Balaban J connectivity index is 2.00. The van der Waals surface area contributed by atoms with Gasteiger partial charge in [0.1, 0.15) is 17.3 Å². The first kappa shape index (κ1) is 22.4. The van der Waals surface area contributed by atoms with E-state index in [0.717, 1.165) is 11.1 Å². The van der Waals surface area contributed by atoms with Crippen LogP contribution in [0.5, 0.6) is 11.5 Å². The normalized spacial score (nSPS) is 17.5. The molecule has 6 nitrogen and oxygen atoms in total.